The van der Waals surface area contributed by atoms with Crippen LogP contribution in [-0.2, 0) is 11.3 Å². The van der Waals surface area contributed by atoms with E-state index in [-0.39, 0.29) is 29.1 Å². The van der Waals surface area contributed by atoms with E-state index in [0.29, 0.717) is 58.6 Å². The van der Waals surface area contributed by atoms with Gasteiger partial charge in [0.05, 0.1) is 36.4 Å². The highest BCUT2D eigenvalue weighted by molar-refractivity contribution is 7.99. The average molecular weight is 510 g/mol. The molecule has 4 rings (SSSR count). The quantitative estimate of drug-likeness (QED) is 0.251. The van der Waals surface area contributed by atoms with Gasteiger partial charge >= 0.3 is 0 Å². The van der Waals surface area contributed by atoms with Crippen molar-refractivity contribution in [1.82, 2.24) is 14.9 Å². The summed E-state index contributed by atoms with van der Waals surface area (Å²) in [4.78, 5) is 43.6. The lowest BCUT2D eigenvalue weighted by molar-refractivity contribution is 0.0937. The first kappa shape index (κ1) is 25.9. The van der Waals surface area contributed by atoms with Crippen LogP contribution in [0, 0.1) is 5.92 Å². The molecule has 1 aromatic heterocycles. The number of thioether (sulfide) groups is 1. The summed E-state index contributed by atoms with van der Waals surface area (Å²) < 4.78 is 12.5. The summed E-state index contributed by atoms with van der Waals surface area (Å²) in [5, 5.41) is 3.76. The van der Waals surface area contributed by atoms with Crippen molar-refractivity contribution in [1.29, 1.82) is 0 Å². The van der Waals surface area contributed by atoms with Crippen molar-refractivity contribution in [2.24, 2.45) is 5.92 Å². The zero-order valence-corrected chi connectivity index (χ0v) is 21.6. The number of rotatable bonds is 10. The van der Waals surface area contributed by atoms with Gasteiger partial charge in [-0.05, 0) is 61.2 Å². The van der Waals surface area contributed by atoms with Crippen molar-refractivity contribution in [2.75, 3.05) is 26.0 Å². The van der Waals surface area contributed by atoms with Crippen LogP contribution in [0.5, 0.6) is 5.75 Å². The second kappa shape index (κ2) is 11.7. The first-order chi connectivity index (χ1) is 17.4. The van der Waals surface area contributed by atoms with Crippen LogP contribution in [0.3, 0.4) is 0 Å². The van der Waals surface area contributed by atoms with Crippen LogP contribution < -0.4 is 15.6 Å². The lowest BCUT2D eigenvalue weighted by Crippen LogP contribution is -2.30. The number of benzene rings is 2. The Morgan fingerprint density at radius 2 is 1.94 bits per heavy atom. The molecular formula is C27H31N3O5S. The zero-order valence-electron chi connectivity index (χ0n) is 20.8. The van der Waals surface area contributed by atoms with Crippen LogP contribution in [-0.4, -0.2) is 53.4 Å². The number of ether oxygens (including phenoxy) is 2. The molecule has 0 unspecified atom stereocenters. The van der Waals surface area contributed by atoms with Crippen molar-refractivity contribution in [3.63, 3.8) is 0 Å². The van der Waals surface area contributed by atoms with Crippen LogP contribution in [0.4, 0.5) is 0 Å². The van der Waals surface area contributed by atoms with Gasteiger partial charge < -0.3 is 14.8 Å². The van der Waals surface area contributed by atoms with Gasteiger partial charge in [-0.2, -0.15) is 0 Å². The first-order valence-electron chi connectivity index (χ1n) is 12.1. The number of hydrogen-bond donors (Lipinski definition) is 1. The molecule has 0 spiro atoms. The Bertz CT molecular complexity index is 1300. The predicted molar refractivity (Wildman–Crippen MR) is 140 cm³/mol. The molecule has 1 amide bonds. The summed E-state index contributed by atoms with van der Waals surface area (Å²) in [6, 6.07) is 11.9. The van der Waals surface area contributed by atoms with Crippen molar-refractivity contribution >= 4 is 34.4 Å². The number of hydrogen-bond acceptors (Lipinski definition) is 7. The molecule has 1 aliphatic rings. The number of aromatic nitrogens is 2. The van der Waals surface area contributed by atoms with E-state index in [1.54, 1.807) is 54.1 Å². The summed E-state index contributed by atoms with van der Waals surface area (Å²) >= 11 is 1.22. The van der Waals surface area contributed by atoms with Gasteiger partial charge in [-0.25, -0.2) is 4.98 Å². The number of nitrogens with one attached hydrogen (secondary N) is 1. The monoisotopic (exact) mass is 509 g/mol. The van der Waals surface area contributed by atoms with Gasteiger partial charge in [0.1, 0.15) is 5.75 Å². The molecule has 0 saturated carbocycles. The third-order valence-electron chi connectivity index (χ3n) is 6.01. The minimum atomic E-state index is -0.208. The third-order valence-corrected chi connectivity index (χ3v) is 6.98. The van der Waals surface area contributed by atoms with E-state index in [1.807, 2.05) is 13.8 Å². The summed E-state index contributed by atoms with van der Waals surface area (Å²) in [5.41, 5.74) is 1.22. The minimum Gasteiger partial charge on any atom is -0.497 e. The fourth-order valence-corrected chi connectivity index (χ4v) is 4.90. The Balaban J connectivity index is 1.64. The Labute approximate surface area is 214 Å². The summed E-state index contributed by atoms with van der Waals surface area (Å²) in [5.74, 6) is 0.824. The van der Waals surface area contributed by atoms with Gasteiger partial charge in [-0.1, -0.05) is 25.6 Å². The van der Waals surface area contributed by atoms with Crippen molar-refractivity contribution < 1.29 is 19.1 Å². The number of nitrogens with zero attached hydrogens (tertiary/aromatic N) is 2. The second-order valence-corrected chi connectivity index (χ2v) is 10.2. The largest absolute Gasteiger partial charge is 0.497 e. The third kappa shape index (κ3) is 6.14. The lowest BCUT2D eigenvalue weighted by atomic mass is 10.1. The SMILES string of the molecule is COc1ccc(C(=O)CSc2nc3cc(C(=O)NCC(C)C)ccc3c(=O)n2C[C@@H]2CCCO2)cc1. The summed E-state index contributed by atoms with van der Waals surface area (Å²) in [6.07, 6.45) is 1.75. The Morgan fingerprint density at radius 3 is 2.61 bits per heavy atom. The minimum absolute atomic E-state index is 0.0697. The van der Waals surface area contributed by atoms with E-state index in [1.165, 1.54) is 11.8 Å². The molecular weight excluding hydrogens is 478 g/mol. The molecule has 8 nitrogen and oxygen atoms in total. The van der Waals surface area contributed by atoms with Gasteiger partial charge in [0.25, 0.3) is 11.5 Å². The molecule has 190 valence electrons. The molecule has 1 saturated heterocycles. The van der Waals surface area contributed by atoms with Gasteiger partial charge in [0.15, 0.2) is 10.9 Å². The number of amides is 1. The van der Waals surface area contributed by atoms with E-state index in [2.05, 4.69) is 5.32 Å². The van der Waals surface area contributed by atoms with E-state index in [0.717, 1.165) is 12.8 Å². The number of Topliss-reactive ketones (excluding diaryl/α,β-unsaturated/α-hetero) is 1. The van der Waals surface area contributed by atoms with E-state index in [9.17, 15) is 14.4 Å². The van der Waals surface area contributed by atoms with Gasteiger partial charge in [0.2, 0.25) is 0 Å². The Kier molecular flexibility index (Phi) is 8.43. The molecule has 1 atom stereocenters. The molecule has 1 N–H and O–H groups in total. The fourth-order valence-electron chi connectivity index (χ4n) is 3.99. The van der Waals surface area contributed by atoms with Crippen molar-refractivity contribution in [2.45, 2.75) is 44.5 Å². The maximum absolute atomic E-state index is 13.5. The topological polar surface area (TPSA) is 99.5 Å². The lowest BCUT2D eigenvalue weighted by Gasteiger charge is -2.17. The zero-order chi connectivity index (χ0) is 25.7. The highest BCUT2D eigenvalue weighted by Gasteiger charge is 2.21. The van der Waals surface area contributed by atoms with Crippen LogP contribution in [0.2, 0.25) is 0 Å². The molecule has 1 aliphatic heterocycles. The molecule has 0 bridgehead atoms. The summed E-state index contributed by atoms with van der Waals surface area (Å²) in [7, 11) is 1.57. The molecule has 0 radical (unpaired) electrons. The average Bonchev–Trinajstić information content (AvgIpc) is 3.40. The number of ketones is 1. The normalized spacial score (nSPS) is 15.4. The fraction of sp³-hybridized carbons (Fsp3) is 0.407. The second-order valence-electron chi connectivity index (χ2n) is 9.22. The van der Waals surface area contributed by atoms with Crippen LogP contribution >= 0.6 is 11.8 Å². The maximum Gasteiger partial charge on any atom is 0.262 e. The summed E-state index contributed by atoms with van der Waals surface area (Å²) in [6.45, 7) is 5.65. The number of methoxy groups -OCH3 is 1. The van der Waals surface area contributed by atoms with Crippen LogP contribution in [0.25, 0.3) is 10.9 Å². The van der Waals surface area contributed by atoms with Crippen LogP contribution in [0.15, 0.2) is 52.4 Å². The van der Waals surface area contributed by atoms with Crippen molar-refractivity contribution in [3.8, 4) is 5.75 Å². The highest BCUT2D eigenvalue weighted by Crippen LogP contribution is 2.23. The smallest absolute Gasteiger partial charge is 0.262 e. The first-order valence-corrected chi connectivity index (χ1v) is 13.1. The van der Waals surface area contributed by atoms with Gasteiger partial charge in [-0.3, -0.25) is 19.0 Å². The molecule has 2 heterocycles. The Morgan fingerprint density at radius 1 is 1.19 bits per heavy atom. The van der Waals surface area contributed by atoms with Gasteiger partial charge in [0, 0.05) is 24.3 Å². The number of fused-ring (bicyclic) bond motifs is 1. The van der Waals surface area contributed by atoms with E-state index in [4.69, 9.17) is 14.5 Å². The van der Waals surface area contributed by atoms with E-state index < -0.39 is 0 Å². The highest BCUT2D eigenvalue weighted by atomic mass is 32.2. The predicted octanol–water partition coefficient (Wildman–Crippen LogP) is 3.94. The molecule has 2 aromatic carbocycles. The number of carbonyl (C=O) groups is 2. The van der Waals surface area contributed by atoms with Gasteiger partial charge in [-0.15, -0.1) is 0 Å². The molecule has 0 aliphatic carbocycles. The molecule has 3 aromatic rings. The van der Waals surface area contributed by atoms with E-state index >= 15 is 0 Å². The standard InChI is InChI=1S/C27H31N3O5S/c1-17(2)14-28-25(32)19-8-11-22-23(13-19)29-27(30(26(22)33)15-21-5-4-12-35-21)36-16-24(31)18-6-9-20(34-3)10-7-18/h6-11,13,17,21H,4-5,12,14-16H2,1-3H3,(H,28,32)/t21-/m0/s1. The Hall–Kier alpha value is -3.17. The number of carbonyl (C=O) groups excluding carboxylic acids is 2. The molecule has 9 heteroatoms. The van der Waals surface area contributed by atoms with Crippen LogP contribution in [0.1, 0.15) is 47.4 Å². The molecule has 1 fully saturated rings. The molecule has 36 heavy (non-hydrogen) atoms. The maximum atomic E-state index is 13.5. The van der Waals surface area contributed by atoms with Crippen molar-refractivity contribution in [3.05, 3.63) is 63.9 Å².